The summed E-state index contributed by atoms with van der Waals surface area (Å²) in [6.45, 7) is 4.88. The van der Waals surface area contributed by atoms with Crippen LogP contribution in [0.15, 0.2) is 30.3 Å². The van der Waals surface area contributed by atoms with Crippen LogP contribution in [0, 0.1) is 0 Å². The highest BCUT2D eigenvalue weighted by Gasteiger charge is 2.29. The fraction of sp³-hybridized carbons (Fsp3) is 0.583. The lowest BCUT2D eigenvalue weighted by Gasteiger charge is -2.23. The normalized spacial score (nSPS) is 19.9. The zero-order valence-corrected chi connectivity index (χ0v) is 18.5. The molecule has 1 N–H and O–H groups in total. The number of methoxy groups -OCH3 is 1. The summed E-state index contributed by atoms with van der Waals surface area (Å²) in [6, 6.07) is 9.73. The Morgan fingerprint density at radius 1 is 1.10 bits per heavy atom. The van der Waals surface area contributed by atoms with Gasteiger partial charge in [0, 0.05) is 31.1 Å². The van der Waals surface area contributed by atoms with Crippen LogP contribution in [0.3, 0.4) is 0 Å². The van der Waals surface area contributed by atoms with Crippen molar-refractivity contribution in [3.05, 3.63) is 41.7 Å². The van der Waals surface area contributed by atoms with Crippen molar-refractivity contribution >= 4 is 5.91 Å². The van der Waals surface area contributed by atoms with Gasteiger partial charge in [0.2, 0.25) is 5.91 Å². The molecule has 3 heterocycles. The maximum atomic E-state index is 12.8. The minimum absolute atomic E-state index is 0.271. The van der Waals surface area contributed by atoms with E-state index in [0.717, 1.165) is 61.9 Å². The van der Waals surface area contributed by atoms with Gasteiger partial charge in [-0.15, -0.1) is 0 Å². The molecular formula is C24H34N4O3. The van der Waals surface area contributed by atoms with E-state index in [2.05, 4.69) is 21.2 Å². The van der Waals surface area contributed by atoms with Crippen LogP contribution in [0.4, 0.5) is 0 Å². The van der Waals surface area contributed by atoms with E-state index in [9.17, 15) is 4.79 Å². The third kappa shape index (κ3) is 6.00. The van der Waals surface area contributed by atoms with Crippen molar-refractivity contribution in [2.75, 3.05) is 46.4 Å². The van der Waals surface area contributed by atoms with Crippen molar-refractivity contribution in [2.45, 2.75) is 44.4 Å². The third-order valence-electron chi connectivity index (χ3n) is 6.37. The highest BCUT2D eigenvalue weighted by atomic mass is 16.5. The molecule has 0 radical (unpaired) electrons. The first-order chi connectivity index (χ1) is 15.2. The molecule has 0 spiro atoms. The predicted octanol–water partition coefficient (Wildman–Crippen LogP) is 3.23. The topological polar surface area (TPSA) is 70.7 Å². The Kier molecular flexibility index (Phi) is 7.46. The number of ether oxygens (including phenoxy) is 2. The number of nitrogens with one attached hydrogen (secondary N) is 1. The number of aromatic nitrogens is 2. The van der Waals surface area contributed by atoms with Gasteiger partial charge in [0.1, 0.15) is 11.5 Å². The fourth-order valence-electron chi connectivity index (χ4n) is 4.48. The quantitative estimate of drug-likeness (QED) is 0.702. The SMILES string of the molecule is COc1ccc(OCCc2cc([C@@H]3CCN(C(=O)CN4CCCCCC4)C3)n[nH]2)cc1. The van der Waals surface area contributed by atoms with E-state index in [-0.39, 0.29) is 5.91 Å². The Labute approximate surface area is 184 Å². The molecule has 1 aromatic carbocycles. The molecule has 2 saturated heterocycles. The van der Waals surface area contributed by atoms with Crippen LogP contribution < -0.4 is 9.47 Å². The van der Waals surface area contributed by atoms with Gasteiger partial charge in [0.25, 0.3) is 0 Å². The van der Waals surface area contributed by atoms with Crippen LogP contribution >= 0.6 is 0 Å². The first-order valence-electron chi connectivity index (χ1n) is 11.5. The average molecular weight is 427 g/mol. The molecule has 2 aromatic rings. The van der Waals surface area contributed by atoms with Gasteiger partial charge in [-0.25, -0.2) is 0 Å². The maximum Gasteiger partial charge on any atom is 0.236 e. The van der Waals surface area contributed by atoms with E-state index < -0.39 is 0 Å². The van der Waals surface area contributed by atoms with Gasteiger partial charge in [-0.2, -0.15) is 5.10 Å². The van der Waals surface area contributed by atoms with E-state index in [1.165, 1.54) is 25.7 Å². The van der Waals surface area contributed by atoms with Crippen molar-refractivity contribution in [1.29, 1.82) is 0 Å². The molecule has 168 valence electrons. The Hall–Kier alpha value is -2.54. The molecule has 2 fully saturated rings. The molecule has 0 unspecified atom stereocenters. The lowest BCUT2D eigenvalue weighted by Crippen LogP contribution is -2.39. The molecule has 0 bridgehead atoms. The number of likely N-dealkylation sites (tertiary alicyclic amines) is 2. The number of amides is 1. The molecule has 1 atom stereocenters. The Balaban J connectivity index is 1.22. The predicted molar refractivity (Wildman–Crippen MR) is 120 cm³/mol. The number of hydrogen-bond donors (Lipinski definition) is 1. The minimum atomic E-state index is 0.271. The summed E-state index contributed by atoms with van der Waals surface area (Å²) in [6.07, 6.45) is 6.77. The van der Waals surface area contributed by atoms with Crippen molar-refractivity contribution in [3.8, 4) is 11.5 Å². The van der Waals surface area contributed by atoms with Gasteiger partial charge in [-0.05, 0) is 62.7 Å². The molecule has 0 saturated carbocycles. The van der Waals surface area contributed by atoms with E-state index in [1.54, 1.807) is 7.11 Å². The summed E-state index contributed by atoms with van der Waals surface area (Å²) in [5.41, 5.74) is 2.13. The molecular weight excluding hydrogens is 392 g/mol. The highest BCUT2D eigenvalue weighted by molar-refractivity contribution is 5.78. The summed E-state index contributed by atoms with van der Waals surface area (Å²) >= 11 is 0. The van der Waals surface area contributed by atoms with E-state index in [0.29, 0.717) is 19.1 Å². The second kappa shape index (κ2) is 10.7. The standard InChI is InChI=1S/C24H34N4O3/c1-30-21-6-8-22(9-7-21)31-15-11-20-16-23(26-25-20)19-10-14-28(17-19)24(29)18-27-12-4-2-3-5-13-27/h6-9,16,19H,2-5,10-15,17-18H2,1H3,(H,25,26)/t19-/m1/s1. The summed E-state index contributed by atoms with van der Waals surface area (Å²) in [7, 11) is 1.65. The highest BCUT2D eigenvalue weighted by Crippen LogP contribution is 2.27. The summed E-state index contributed by atoms with van der Waals surface area (Å²) in [4.78, 5) is 17.1. The average Bonchev–Trinajstić information content (AvgIpc) is 3.39. The summed E-state index contributed by atoms with van der Waals surface area (Å²) < 4.78 is 11.0. The van der Waals surface area contributed by atoms with Gasteiger partial charge < -0.3 is 14.4 Å². The van der Waals surface area contributed by atoms with Crippen molar-refractivity contribution in [3.63, 3.8) is 0 Å². The minimum Gasteiger partial charge on any atom is -0.497 e. The smallest absolute Gasteiger partial charge is 0.236 e. The summed E-state index contributed by atoms with van der Waals surface area (Å²) in [5.74, 6) is 2.24. The monoisotopic (exact) mass is 426 g/mol. The van der Waals surface area contributed by atoms with Gasteiger partial charge in [-0.1, -0.05) is 12.8 Å². The first-order valence-corrected chi connectivity index (χ1v) is 11.5. The van der Waals surface area contributed by atoms with Crippen LogP contribution in [0.2, 0.25) is 0 Å². The van der Waals surface area contributed by atoms with Crippen molar-refractivity contribution in [2.24, 2.45) is 0 Å². The number of carbonyl (C=O) groups excluding carboxylic acids is 1. The molecule has 4 rings (SSSR count). The number of aromatic amines is 1. The number of hydrogen-bond acceptors (Lipinski definition) is 5. The van der Waals surface area contributed by atoms with Crippen LogP contribution in [-0.2, 0) is 11.2 Å². The Morgan fingerprint density at radius 3 is 2.58 bits per heavy atom. The fourth-order valence-corrected chi connectivity index (χ4v) is 4.48. The molecule has 7 nitrogen and oxygen atoms in total. The molecule has 2 aliphatic heterocycles. The Bertz CT molecular complexity index is 828. The second-order valence-corrected chi connectivity index (χ2v) is 8.61. The Morgan fingerprint density at radius 2 is 1.84 bits per heavy atom. The summed E-state index contributed by atoms with van der Waals surface area (Å²) in [5, 5.41) is 7.67. The number of benzene rings is 1. The number of nitrogens with zero attached hydrogens (tertiary/aromatic N) is 3. The van der Waals surface area contributed by atoms with Crippen LogP contribution in [-0.4, -0.2) is 72.3 Å². The molecule has 1 amide bonds. The number of carbonyl (C=O) groups is 1. The first kappa shape index (κ1) is 21.7. The van der Waals surface area contributed by atoms with E-state index in [1.807, 2.05) is 29.2 Å². The van der Waals surface area contributed by atoms with Crippen molar-refractivity contribution in [1.82, 2.24) is 20.0 Å². The lowest BCUT2D eigenvalue weighted by molar-refractivity contribution is -0.131. The molecule has 2 aliphatic rings. The van der Waals surface area contributed by atoms with Gasteiger partial charge in [-0.3, -0.25) is 14.8 Å². The second-order valence-electron chi connectivity index (χ2n) is 8.61. The van der Waals surface area contributed by atoms with Crippen LogP contribution in [0.25, 0.3) is 0 Å². The van der Waals surface area contributed by atoms with Crippen LogP contribution in [0.5, 0.6) is 11.5 Å². The van der Waals surface area contributed by atoms with Crippen molar-refractivity contribution < 1.29 is 14.3 Å². The zero-order valence-electron chi connectivity index (χ0n) is 18.5. The largest absolute Gasteiger partial charge is 0.497 e. The molecule has 1 aromatic heterocycles. The molecule has 7 heteroatoms. The molecule has 31 heavy (non-hydrogen) atoms. The van der Waals surface area contributed by atoms with Gasteiger partial charge >= 0.3 is 0 Å². The van der Waals surface area contributed by atoms with Crippen LogP contribution in [0.1, 0.15) is 49.4 Å². The van der Waals surface area contributed by atoms with E-state index in [4.69, 9.17) is 9.47 Å². The van der Waals surface area contributed by atoms with Gasteiger partial charge in [0.15, 0.2) is 0 Å². The molecule has 0 aliphatic carbocycles. The lowest BCUT2D eigenvalue weighted by atomic mass is 10.0. The third-order valence-corrected chi connectivity index (χ3v) is 6.37. The number of rotatable bonds is 8. The zero-order chi connectivity index (χ0) is 21.5. The number of H-pyrrole nitrogens is 1. The maximum absolute atomic E-state index is 12.8. The van der Waals surface area contributed by atoms with E-state index >= 15 is 0 Å². The van der Waals surface area contributed by atoms with Gasteiger partial charge in [0.05, 0.1) is 26.0 Å².